The van der Waals surface area contributed by atoms with Gasteiger partial charge in [0.05, 0.1) is 18.6 Å². The summed E-state index contributed by atoms with van der Waals surface area (Å²) in [5.41, 5.74) is 2.83. The Labute approximate surface area is 240 Å². The predicted molar refractivity (Wildman–Crippen MR) is 153 cm³/mol. The van der Waals surface area contributed by atoms with E-state index < -0.39 is 42.5 Å². The summed E-state index contributed by atoms with van der Waals surface area (Å²) in [6.07, 6.45) is 4.15. The molecule has 0 radical (unpaired) electrons. The Bertz CT molecular complexity index is 1210. The minimum atomic E-state index is -1.27. The molecule has 2 aromatic rings. The molecule has 1 aliphatic rings. The highest BCUT2D eigenvalue weighted by atomic mass is 16.6. The van der Waals surface area contributed by atoms with E-state index >= 15 is 0 Å². The molecule has 2 N–H and O–H groups in total. The minimum absolute atomic E-state index is 0.0238. The molecule has 0 saturated carbocycles. The topological polar surface area (TPSA) is 122 Å². The van der Waals surface area contributed by atoms with Crippen LogP contribution in [0.1, 0.15) is 42.4 Å². The molecule has 0 spiro atoms. The maximum Gasteiger partial charge on any atom is 0.332 e. The quantitative estimate of drug-likeness (QED) is 0.252. The first-order valence-corrected chi connectivity index (χ1v) is 13.7. The molecule has 3 unspecified atom stereocenters. The fraction of sp³-hybridized carbons (Fsp3) is 0.375. The van der Waals surface area contributed by atoms with E-state index in [0.29, 0.717) is 19.4 Å². The number of esters is 2. The van der Waals surface area contributed by atoms with Crippen LogP contribution in [0, 0.1) is 5.92 Å². The largest absolute Gasteiger partial charge is 0.463 e. The summed E-state index contributed by atoms with van der Waals surface area (Å²) in [7, 11) is 0. The molecular weight excluding hydrogens is 524 g/mol. The van der Waals surface area contributed by atoms with Crippen LogP contribution in [0.3, 0.4) is 0 Å². The molecule has 0 bridgehead atoms. The normalized spacial score (nSPS) is 15.5. The number of hydrogen-bond acceptors (Lipinski definition) is 7. The summed E-state index contributed by atoms with van der Waals surface area (Å²) >= 11 is 0. The molecule has 0 saturated heterocycles. The number of nitrogens with zero attached hydrogens (tertiary/aromatic N) is 1. The van der Waals surface area contributed by atoms with Gasteiger partial charge in [0.1, 0.15) is 13.2 Å². The minimum Gasteiger partial charge on any atom is -0.463 e. The van der Waals surface area contributed by atoms with Crippen LogP contribution in [0.25, 0.3) is 0 Å². The first-order valence-electron chi connectivity index (χ1n) is 13.7. The number of ether oxygens (including phenoxy) is 2. The fourth-order valence-corrected chi connectivity index (χ4v) is 4.61. The third-order valence-corrected chi connectivity index (χ3v) is 6.92. The van der Waals surface area contributed by atoms with Gasteiger partial charge in [0.2, 0.25) is 11.8 Å². The molecule has 0 fully saturated rings. The molecule has 0 aliphatic carbocycles. The van der Waals surface area contributed by atoms with Gasteiger partial charge in [0, 0.05) is 19.4 Å². The number of carbonyl (C=O) groups excluding carboxylic acids is 4. The van der Waals surface area contributed by atoms with Crippen molar-refractivity contribution in [2.75, 3.05) is 13.2 Å². The lowest BCUT2D eigenvalue weighted by Crippen LogP contribution is -2.50. The van der Waals surface area contributed by atoms with Crippen molar-refractivity contribution in [1.82, 2.24) is 10.2 Å². The van der Waals surface area contributed by atoms with Crippen LogP contribution in [-0.4, -0.2) is 59.1 Å². The van der Waals surface area contributed by atoms with Gasteiger partial charge in [-0.1, -0.05) is 66.7 Å². The number of fused-ring (bicyclic) bond motifs is 1. The molecule has 3 rings (SSSR count). The van der Waals surface area contributed by atoms with Crippen LogP contribution in [-0.2, 0) is 48.2 Å². The first kappa shape index (κ1) is 31.3. The number of aliphatic hydroxyl groups excluding tert-OH is 1. The molecule has 41 heavy (non-hydrogen) atoms. The van der Waals surface area contributed by atoms with E-state index in [1.165, 1.54) is 6.08 Å². The third kappa shape index (κ3) is 9.42. The Morgan fingerprint density at radius 2 is 1.71 bits per heavy atom. The second kappa shape index (κ2) is 16.1. The monoisotopic (exact) mass is 562 g/mol. The molecule has 1 aliphatic heterocycles. The summed E-state index contributed by atoms with van der Waals surface area (Å²) in [4.78, 5) is 53.4. The Morgan fingerprint density at radius 1 is 1.00 bits per heavy atom. The van der Waals surface area contributed by atoms with E-state index in [-0.39, 0.29) is 38.4 Å². The van der Waals surface area contributed by atoms with Gasteiger partial charge >= 0.3 is 11.9 Å². The summed E-state index contributed by atoms with van der Waals surface area (Å²) in [5, 5.41) is 12.6. The number of hydrogen-bond donors (Lipinski definition) is 2. The zero-order chi connectivity index (χ0) is 29.6. The van der Waals surface area contributed by atoms with Crippen molar-refractivity contribution in [3.63, 3.8) is 0 Å². The highest BCUT2D eigenvalue weighted by Crippen LogP contribution is 2.25. The summed E-state index contributed by atoms with van der Waals surface area (Å²) in [5.74, 6) is -3.01. The standard InChI is InChI=1S/C32H38N2O7/c1-3-5-16-30(37)40-22-28(32(39)41-21-23-12-7-6-8-13-23)33-31(38)25(11-4-2)18-29(36)34-19-26-15-10-9-14-24(26)17-27(34)20-35/h3-4,6-10,12-15,25,27-28,35H,1-2,5,11,16-22H2,(H,33,38). The van der Waals surface area contributed by atoms with E-state index in [9.17, 15) is 24.3 Å². The molecule has 2 amide bonds. The molecular formula is C32H38N2O7. The third-order valence-electron chi connectivity index (χ3n) is 6.92. The average Bonchev–Trinajstić information content (AvgIpc) is 3.00. The molecule has 2 aromatic carbocycles. The maximum atomic E-state index is 13.4. The zero-order valence-electron chi connectivity index (χ0n) is 23.2. The van der Waals surface area contributed by atoms with E-state index in [0.717, 1.165) is 16.7 Å². The average molecular weight is 563 g/mol. The number of nitrogens with one attached hydrogen (secondary N) is 1. The lowest BCUT2D eigenvalue weighted by molar-refractivity contribution is -0.155. The van der Waals surface area contributed by atoms with Crippen LogP contribution in [0.15, 0.2) is 79.9 Å². The summed E-state index contributed by atoms with van der Waals surface area (Å²) in [6.45, 7) is 6.97. The number of rotatable bonds is 15. The van der Waals surface area contributed by atoms with Gasteiger partial charge in [-0.2, -0.15) is 0 Å². The van der Waals surface area contributed by atoms with E-state index in [1.54, 1.807) is 23.1 Å². The van der Waals surface area contributed by atoms with Crippen molar-refractivity contribution in [3.8, 4) is 0 Å². The van der Waals surface area contributed by atoms with Gasteiger partial charge in [0.25, 0.3) is 0 Å². The van der Waals surface area contributed by atoms with Gasteiger partial charge in [-0.3, -0.25) is 14.4 Å². The van der Waals surface area contributed by atoms with Gasteiger partial charge in [-0.15, -0.1) is 13.2 Å². The highest BCUT2D eigenvalue weighted by molar-refractivity contribution is 5.89. The van der Waals surface area contributed by atoms with Crippen molar-refractivity contribution >= 4 is 23.8 Å². The van der Waals surface area contributed by atoms with Crippen LogP contribution in [0.5, 0.6) is 0 Å². The Kier molecular flexibility index (Phi) is 12.3. The highest BCUT2D eigenvalue weighted by Gasteiger charge is 2.33. The smallest absolute Gasteiger partial charge is 0.332 e. The van der Waals surface area contributed by atoms with Gasteiger partial charge in [0.15, 0.2) is 6.04 Å². The summed E-state index contributed by atoms with van der Waals surface area (Å²) < 4.78 is 10.6. The van der Waals surface area contributed by atoms with Crippen molar-refractivity contribution in [1.29, 1.82) is 0 Å². The molecule has 3 atom stereocenters. The zero-order valence-corrected chi connectivity index (χ0v) is 23.2. The number of carbonyl (C=O) groups is 4. The van der Waals surface area contributed by atoms with E-state index in [4.69, 9.17) is 9.47 Å². The fourth-order valence-electron chi connectivity index (χ4n) is 4.61. The van der Waals surface area contributed by atoms with Crippen molar-refractivity contribution in [2.45, 2.75) is 57.3 Å². The van der Waals surface area contributed by atoms with Crippen molar-refractivity contribution in [3.05, 3.63) is 96.6 Å². The van der Waals surface area contributed by atoms with Crippen molar-refractivity contribution < 1.29 is 33.8 Å². The Morgan fingerprint density at radius 3 is 2.39 bits per heavy atom. The maximum absolute atomic E-state index is 13.4. The molecule has 9 heteroatoms. The lowest BCUT2D eigenvalue weighted by Gasteiger charge is -2.36. The molecule has 218 valence electrons. The van der Waals surface area contributed by atoms with Gasteiger partial charge in [-0.25, -0.2) is 4.79 Å². The van der Waals surface area contributed by atoms with E-state index in [2.05, 4.69) is 18.5 Å². The van der Waals surface area contributed by atoms with Crippen LogP contribution < -0.4 is 5.32 Å². The SMILES string of the molecule is C=CCCC(=O)OCC(NC(=O)C(CC=C)CC(=O)N1Cc2ccccc2CC1CO)C(=O)OCc1ccccc1. The first-order chi connectivity index (χ1) is 19.9. The Balaban J connectivity index is 1.69. The van der Waals surface area contributed by atoms with E-state index in [1.807, 2.05) is 42.5 Å². The van der Waals surface area contributed by atoms with Crippen LogP contribution in [0.2, 0.25) is 0 Å². The van der Waals surface area contributed by atoms with Crippen molar-refractivity contribution in [2.24, 2.45) is 5.92 Å². The molecule has 9 nitrogen and oxygen atoms in total. The Hall–Kier alpha value is -4.24. The number of benzene rings is 2. The summed E-state index contributed by atoms with van der Waals surface area (Å²) in [6, 6.07) is 15.1. The van der Waals surface area contributed by atoms with Crippen LogP contribution in [0.4, 0.5) is 0 Å². The van der Waals surface area contributed by atoms with Gasteiger partial charge < -0.3 is 24.8 Å². The predicted octanol–water partition coefficient (Wildman–Crippen LogP) is 3.25. The second-order valence-corrected chi connectivity index (χ2v) is 9.92. The lowest BCUT2D eigenvalue weighted by atomic mass is 9.92. The number of amides is 2. The number of aliphatic hydroxyl groups is 1. The van der Waals surface area contributed by atoms with Crippen LogP contribution >= 0.6 is 0 Å². The molecule has 0 aromatic heterocycles. The number of allylic oxidation sites excluding steroid dienone is 2. The molecule has 1 heterocycles. The second-order valence-electron chi connectivity index (χ2n) is 9.92. The van der Waals surface area contributed by atoms with Gasteiger partial charge in [-0.05, 0) is 36.0 Å².